The molecule has 0 aliphatic carbocycles. The van der Waals surface area contributed by atoms with Crippen molar-refractivity contribution in [2.45, 2.75) is 31.3 Å². The van der Waals surface area contributed by atoms with Crippen molar-refractivity contribution in [3.63, 3.8) is 0 Å². The van der Waals surface area contributed by atoms with Crippen LogP contribution in [0.5, 0.6) is 5.75 Å². The Morgan fingerprint density at radius 1 is 1.38 bits per heavy atom. The lowest BCUT2D eigenvalue weighted by atomic mass is 9.89. The number of ether oxygens (including phenoxy) is 1. The average molecular weight is 354 g/mol. The van der Waals surface area contributed by atoms with E-state index in [2.05, 4.69) is 15.9 Å². The van der Waals surface area contributed by atoms with E-state index in [9.17, 15) is 14.7 Å². The molecule has 2 aliphatic rings. The SMILES string of the molecule is COc1ccc(C(=O)N2C3CCC2C(C(=O)O)C3)cc1Br. The van der Waals surface area contributed by atoms with Gasteiger partial charge in [0.25, 0.3) is 5.91 Å². The van der Waals surface area contributed by atoms with Gasteiger partial charge in [0.2, 0.25) is 0 Å². The molecule has 1 aromatic carbocycles. The van der Waals surface area contributed by atoms with Gasteiger partial charge < -0.3 is 14.7 Å². The number of amides is 1. The van der Waals surface area contributed by atoms with Gasteiger partial charge in [-0.2, -0.15) is 0 Å². The number of nitrogens with zero attached hydrogens (tertiary/aromatic N) is 1. The van der Waals surface area contributed by atoms with Crippen molar-refractivity contribution in [3.05, 3.63) is 28.2 Å². The predicted molar refractivity (Wildman–Crippen MR) is 79.4 cm³/mol. The summed E-state index contributed by atoms with van der Waals surface area (Å²) < 4.78 is 5.88. The molecule has 2 fully saturated rings. The lowest BCUT2D eigenvalue weighted by Crippen LogP contribution is -2.37. The second kappa shape index (κ2) is 5.33. The van der Waals surface area contributed by atoms with E-state index < -0.39 is 11.9 Å². The van der Waals surface area contributed by atoms with Gasteiger partial charge in [0.15, 0.2) is 0 Å². The Hall–Kier alpha value is -1.56. The van der Waals surface area contributed by atoms with E-state index in [1.54, 1.807) is 30.2 Å². The van der Waals surface area contributed by atoms with E-state index in [1.165, 1.54) is 0 Å². The normalized spacial score (nSPS) is 27.0. The molecule has 2 bridgehead atoms. The maximum absolute atomic E-state index is 12.7. The van der Waals surface area contributed by atoms with Gasteiger partial charge in [-0.05, 0) is 53.4 Å². The minimum absolute atomic E-state index is 0.0597. The molecule has 0 radical (unpaired) electrons. The molecule has 5 nitrogen and oxygen atoms in total. The molecule has 2 heterocycles. The standard InChI is InChI=1S/C15H16BrNO4/c1-21-13-5-2-8(6-11(13)16)14(18)17-9-3-4-12(17)10(7-9)15(19)20/h2,5-6,9-10,12H,3-4,7H2,1H3,(H,19,20). The van der Waals surface area contributed by atoms with E-state index in [0.29, 0.717) is 17.7 Å². The second-order valence-electron chi connectivity index (χ2n) is 5.54. The highest BCUT2D eigenvalue weighted by atomic mass is 79.9. The van der Waals surface area contributed by atoms with Crippen LogP contribution >= 0.6 is 15.9 Å². The van der Waals surface area contributed by atoms with Gasteiger partial charge in [0.1, 0.15) is 5.75 Å². The maximum Gasteiger partial charge on any atom is 0.308 e. The van der Waals surface area contributed by atoms with Gasteiger partial charge >= 0.3 is 5.97 Å². The predicted octanol–water partition coefficient (Wildman–Crippen LogP) is 2.54. The van der Waals surface area contributed by atoms with E-state index >= 15 is 0 Å². The first-order valence-corrected chi connectivity index (χ1v) is 7.71. The second-order valence-corrected chi connectivity index (χ2v) is 6.40. The van der Waals surface area contributed by atoms with Crippen molar-refractivity contribution in [2.75, 3.05) is 7.11 Å². The first-order valence-electron chi connectivity index (χ1n) is 6.92. The van der Waals surface area contributed by atoms with Gasteiger partial charge in [-0.1, -0.05) is 0 Å². The number of hydrogen-bond donors (Lipinski definition) is 1. The Balaban J connectivity index is 1.86. The van der Waals surface area contributed by atoms with E-state index in [4.69, 9.17) is 4.74 Å². The molecule has 6 heteroatoms. The van der Waals surface area contributed by atoms with Gasteiger partial charge in [-0.25, -0.2) is 0 Å². The molecule has 2 aliphatic heterocycles. The van der Waals surface area contributed by atoms with E-state index in [-0.39, 0.29) is 18.0 Å². The molecular formula is C15H16BrNO4. The zero-order valence-electron chi connectivity index (χ0n) is 11.6. The Labute approximate surface area is 131 Å². The summed E-state index contributed by atoms with van der Waals surface area (Å²) in [5.41, 5.74) is 0.561. The summed E-state index contributed by atoms with van der Waals surface area (Å²) in [7, 11) is 1.57. The molecule has 0 spiro atoms. The number of carboxylic acid groups (broad SMARTS) is 1. The van der Waals surface area contributed by atoms with Crippen LogP contribution in [0.2, 0.25) is 0 Å². The largest absolute Gasteiger partial charge is 0.496 e. The van der Waals surface area contributed by atoms with Crippen LogP contribution in [0.1, 0.15) is 29.6 Å². The highest BCUT2D eigenvalue weighted by molar-refractivity contribution is 9.10. The van der Waals surface area contributed by atoms with Crippen molar-refractivity contribution in [1.82, 2.24) is 4.90 Å². The van der Waals surface area contributed by atoms with Crippen molar-refractivity contribution >= 4 is 27.8 Å². The molecule has 0 saturated carbocycles. The quantitative estimate of drug-likeness (QED) is 0.906. The average Bonchev–Trinajstić information content (AvgIpc) is 3.04. The van der Waals surface area contributed by atoms with Crippen LogP contribution in [-0.2, 0) is 4.79 Å². The van der Waals surface area contributed by atoms with Gasteiger partial charge in [0, 0.05) is 17.6 Å². The summed E-state index contributed by atoms with van der Waals surface area (Å²) in [6.07, 6.45) is 2.26. The molecule has 112 valence electrons. The van der Waals surface area contributed by atoms with Crippen LogP contribution in [0, 0.1) is 5.92 Å². The van der Waals surface area contributed by atoms with E-state index in [1.807, 2.05) is 0 Å². The number of carbonyl (C=O) groups excluding carboxylic acids is 1. The molecule has 1 aromatic rings. The summed E-state index contributed by atoms with van der Waals surface area (Å²) in [6.45, 7) is 0. The topological polar surface area (TPSA) is 66.8 Å². The number of carbonyl (C=O) groups is 2. The number of carboxylic acids is 1. The first kappa shape index (κ1) is 14.4. The monoisotopic (exact) mass is 353 g/mol. The Morgan fingerprint density at radius 2 is 2.14 bits per heavy atom. The lowest BCUT2D eigenvalue weighted by Gasteiger charge is -2.23. The third-order valence-electron chi connectivity index (χ3n) is 4.49. The maximum atomic E-state index is 12.7. The van der Waals surface area contributed by atoms with Crippen molar-refractivity contribution in [2.24, 2.45) is 5.92 Å². The smallest absolute Gasteiger partial charge is 0.308 e. The van der Waals surface area contributed by atoms with Crippen molar-refractivity contribution in [3.8, 4) is 5.75 Å². The van der Waals surface area contributed by atoms with Gasteiger partial charge in [-0.15, -0.1) is 0 Å². The zero-order chi connectivity index (χ0) is 15.1. The van der Waals surface area contributed by atoms with Crippen molar-refractivity contribution in [1.29, 1.82) is 0 Å². The number of hydrogen-bond acceptors (Lipinski definition) is 3. The molecule has 21 heavy (non-hydrogen) atoms. The first-order chi connectivity index (χ1) is 10.0. The number of aliphatic carboxylic acids is 1. The third-order valence-corrected chi connectivity index (χ3v) is 5.11. The summed E-state index contributed by atoms with van der Waals surface area (Å²) in [5.74, 6) is -0.640. The molecule has 3 rings (SSSR count). The molecule has 3 unspecified atom stereocenters. The summed E-state index contributed by atoms with van der Waals surface area (Å²) in [5, 5.41) is 9.26. The number of methoxy groups -OCH3 is 1. The van der Waals surface area contributed by atoms with Crippen LogP contribution in [0.4, 0.5) is 0 Å². The van der Waals surface area contributed by atoms with E-state index in [0.717, 1.165) is 17.3 Å². The summed E-state index contributed by atoms with van der Waals surface area (Å²) in [4.78, 5) is 25.7. The van der Waals surface area contributed by atoms with Crippen LogP contribution in [0.15, 0.2) is 22.7 Å². The molecular weight excluding hydrogens is 338 g/mol. The third kappa shape index (κ3) is 2.31. The molecule has 3 atom stereocenters. The van der Waals surface area contributed by atoms with Crippen LogP contribution in [0.25, 0.3) is 0 Å². The molecule has 0 aromatic heterocycles. The summed E-state index contributed by atoms with van der Waals surface area (Å²) >= 11 is 3.38. The van der Waals surface area contributed by atoms with Crippen LogP contribution in [0.3, 0.4) is 0 Å². The van der Waals surface area contributed by atoms with Crippen LogP contribution in [-0.4, -0.2) is 41.1 Å². The highest BCUT2D eigenvalue weighted by Crippen LogP contribution is 2.42. The molecule has 1 amide bonds. The number of halogens is 1. The zero-order valence-corrected chi connectivity index (χ0v) is 13.2. The fraction of sp³-hybridized carbons (Fsp3) is 0.467. The highest BCUT2D eigenvalue weighted by Gasteiger charge is 2.51. The summed E-state index contributed by atoms with van der Waals surface area (Å²) in [6, 6.07) is 5.09. The number of benzene rings is 1. The van der Waals surface area contributed by atoms with Gasteiger partial charge in [0.05, 0.1) is 17.5 Å². The Morgan fingerprint density at radius 3 is 2.71 bits per heavy atom. The fourth-order valence-corrected chi connectivity index (χ4v) is 4.06. The Kier molecular flexibility index (Phi) is 3.65. The number of fused-ring (bicyclic) bond motifs is 2. The number of rotatable bonds is 3. The van der Waals surface area contributed by atoms with Gasteiger partial charge in [-0.3, -0.25) is 9.59 Å². The van der Waals surface area contributed by atoms with Crippen LogP contribution < -0.4 is 4.74 Å². The van der Waals surface area contributed by atoms with Crippen molar-refractivity contribution < 1.29 is 19.4 Å². The lowest BCUT2D eigenvalue weighted by molar-refractivity contribution is -0.142. The Bertz CT molecular complexity index is 603. The minimum atomic E-state index is -0.795. The molecule has 1 N–H and O–H groups in total. The minimum Gasteiger partial charge on any atom is -0.496 e. The fourth-order valence-electron chi connectivity index (χ4n) is 3.52. The molecule has 2 saturated heterocycles.